The van der Waals surface area contributed by atoms with Crippen LogP contribution in [0.1, 0.15) is 25.8 Å². The highest BCUT2D eigenvalue weighted by atomic mass is 127. The number of methoxy groups -OCH3 is 2. The molecule has 0 saturated carbocycles. The van der Waals surface area contributed by atoms with Gasteiger partial charge in [0.15, 0.2) is 5.96 Å². The van der Waals surface area contributed by atoms with E-state index in [-0.39, 0.29) is 41.8 Å². The molecule has 1 saturated heterocycles. The van der Waals surface area contributed by atoms with Gasteiger partial charge in [0.1, 0.15) is 11.5 Å². The first kappa shape index (κ1) is 23.3. The highest BCUT2D eigenvalue weighted by Crippen LogP contribution is 2.24. The molecule has 1 heterocycles. The van der Waals surface area contributed by atoms with Gasteiger partial charge < -0.3 is 25.0 Å². The average molecular weight is 490 g/mol. The Balaban J connectivity index is 0.00000364. The molecule has 1 fully saturated rings. The average Bonchev–Trinajstić information content (AvgIpc) is 3.12. The van der Waals surface area contributed by atoms with Crippen molar-refractivity contribution in [3.8, 4) is 11.5 Å². The standard InChI is InChI=1S/C19H30N4O3.HI/c1-13(2)18(24)23-9-8-15(12-23)22-19(20-3)21-11-14-6-7-16(25-4)10-17(14)26-5;/h6-7,10,13,15H,8-9,11-12H2,1-5H3,(H2,20,21,22);1H. The molecule has 7 nitrogen and oxygen atoms in total. The first-order chi connectivity index (χ1) is 12.5. The van der Waals surface area contributed by atoms with Crippen LogP contribution in [0.2, 0.25) is 0 Å². The Hall–Kier alpha value is -1.71. The topological polar surface area (TPSA) is 75.2 Å². The monoisotopic (exact) mass is 490 g/mol. The molecule has 152 valence electrons. The lowest BCUT2D eigenvalue weighted by Gasteiger charge is -2.20. The van der Waals surface area contributed by atoms with Gasteiger partial charge in [-0.15, -0.1) is 24.0 Å². The number of rotatable bonds is 6. The minimum Gasteiger partial charge on any atom is -0.497 e. The lowest BCUT2D eigenvalue weighted by Crippen LogP contribution is -2.45. The van der Waals surface area contributed by atoms with Crippen molar-refractivity contribution in [3.63, 3.8) is 0 Å². The van der Waals surface area contributed by atoms with Crippen molar-refractivity contribution >= 4 is 35.8 Å². The Labute approximate surface area is 178 Å². The Bertz CT molecular complexity index is 652. The number of hydrogen-bond donors (Lipinski definition) is 2. The molecule has 1 amide bonds. The summed E-state index contributed by atoms with van der Waals surface area (Å²) in [7, 11) is 5.02. The summed E-state index contributed by atoms with van der Waals surface area (Å²) in [5.74, 6) is 2.48. The maximum absolute atomic E-state index is 12.1. The third-order valence-electron chi connectivity index (χ3n) is 4.50. The second kappa shape index (κ2) is 11.2. The van der Waals surface area contributed by atoms with E-state index in [0.29, 0.717) is 19.0 Å². The molecule has 0 aromatic heterocycles. The molecule has 2 rings (SSSR count). The number of ether oxygens (including phenoxy) is 2. The number of likely N-dealkylation sites (tertiary alicyclic amines) is 1. The molecule has 0 radical (unpaired) electrons. The van der Waals surface area contributed by atoms with Crippen molar-refractivity contribution in [2.75, 3.05) is 34.4 Å². The maximum atomic E-state index is 12.1. The quantitative estimate of drug-likeness (QED) is 0.364. The molecule has 0 spiro atoms. The number of carbonyl (C=O) groups is 1. The van der Waals surface area contributed by atoms with Crippen LogP contribution in [0, 0.1) is 5.92 Å². The fraction of sp³-hybridized carbons (Fsp3) is 0.579. The number of benzene rings is 1. The van der Waals surface area contributed by atoms with Crippen molar-refractivity contribution in [2.45, 2.75) is 32.9 Å². The molecule has 27 heavy (non-hydrogen) atoms. The molecule has 1 unspecified atom stereocenters. The minimum atomic E-state index is 0. The summed E-state index contributed by atoms with van der Waals surface area (Å²) >= 11 is 0. The zero-order valence-corrected chi connectivity index (χ0v) is 19.1. The molecule has 0 bridgehead atoms. The number of hydrogen-bond acceptors (Lipinski definition) is 4. The van der Waals surface area contributed by atoms with E-state index in [0.717, 1.165) is 30.0 Å². The van der Waals surface area contributed by atoms with Crippen LogP contribution < -0.4 is 20.1 Å². The second-order valence-electron chi connectivity index (χ2n) is 6.67. The Morgan fingerprint density at radius 3 is 2.67 bits per heavy atom. The maximum Gasteiger partial charge on any atom is 0.225 e. The molecule has 1 aromatic carbocycles. The van der Waals surface area contributed by atoms with E-state index in [1.165, 1.54) is 0 Å². The van der Waals surface area contributed by atoms with Crippen LogP contribution >= 0.6 is 24.0 Å². The smallest absolute Gasteiger partial charge is 0.225 e. The lowest BCUT2D eigenvalue weighted by atomic mass is 10.2. The van der Waals surface area contributed by atoms with Gasteiger partial charge in [0.25, 0.3) is 0 Å². The predicted molar refractivity (Wildman–Crippen MR) is 118 cm³/mol. The van der Waals surface area contributed by atoms with Gasteiger partial charge in [0.2, 0.25) is 5.91 Å². The molecule has 1 atom stereocenters. The Kier molecular flexibility index (Phi) is 9.68. The van der Waals surface area contributed by atoms with E-state index in [4.69, 9.17) is 9.47 Å². The number of halogens is 1. The fourth-order valence-corrected chi connectivity index (χ4v) is 3.01. The minimum absolute atomic E-state index is 0. The summed E-state index contributed by atoms with van der Waals surface area (Å²) in [6, 6.07) is 5.94. The summed E-state index contributed by atoms with van der Waals surface area (Å²) in [5.41, 5.74) is 1.01. The number of nitrogens with one attached hydrogen (secondary N) is 2. The van der Waals surface area contributed by atoms with Crippen LogP contribution in [-0.2, 0) is 11.3 Å². The van der Waals surface area contributed by atoms with E-state index >= 15 is 0 Å². The number of nitrogens with zero attached hydrogens (tertiary/aromatic N) is 2. The third kappa shape index (κ3) is 6.44. The van der Waals surface area contributed by atoms with Crippen molar-refractivity contribution in [1.82, 2.24) is 15.5 Å². The van der Waals surface area contributed by atoms with Crippen LogP contribution in [0.4, 0.5) is 0 Å². The number of guanidine groups is 1. The predicted octanol–water partition coefficient (Wildman–Crippen LogP) is 2.24. The van der Waals surface area contributed by atoms with E-state index in [1.54, 1.807) is 21.3 Å². The number of amides is 1. The van der Waals surface area contributed by atoms with Gasteiger partial charge in [-0.3, -0.25) is 9.79 Å². The summed E-state index contributed by atoms with van der Waals surface area (Å²) in [5, 5.41) is 6.71. The van der Waals surface area contributed by atoms with Gasteiger partial charge in [-0.25, -0.2) is 0 Å². The molecule has 1 aromatic rings. The summed E-state index contributed by atoms with van der Waals surface area (Å²) < 4.78 is 10.7. The first-order valence-electron chi connectivity index (χ1n) is 8.95. The highest BCUT2D eigenvalue weighted by molar-refractivity contribution is 14.0. The lowest BCUT2D eigenvalue weighted by molar-refractivity contribution is -0.133. The molecular formula is C19H31IN4O3. The Morgan fingerprint density at radius 2 is 2.07 bits per heavy atom. The van der Waals surface area contributed by atoms with Gasteiger partial charge in [-0.1, -0.05) is 13.8 Å². The summed E-state index contributed by atoms with van der Waals surface area (Å²) in [6.07, 6.45) is 0.922. The fourth-order valence-electron chi connectivity index (χ4n) is 3.01. The van der Waals surface area contributed by atoms with Crippen molar-refractivity contribution in [1.29, 1.82) is 0 Å². The van der Waals surface area contributed by atoms with Gasteiger partial charge in [-0.05, 0) is 18.6 Å². The molecule has 0 aliphatic carbocycles. The van der Waals surface area contributed by atoms with E-state index in [9.17, 15) is 4.79 Å². The molecule has 8 heteroatoms. The van der Waals surface area contributed by atoms with Gasteiger partial charge in [-0.2, -0.15) is 0 Å². The molecule has 1 aliphatic heterocycles. The molecule has 2 N–H and O–H groups in total. The van der Waals surface area contributed by atoms with Crippen LogP contribution in [0.5, 0.6) is 11.5 Å². The normalized spacial score (nSPS) is 16.7. The number of aliphatic imine (C=N–C) groups is 1. The largest absolute Gasteiger partial charge is 0.497 e. The van der Waals surface area contributed by atoms with E-state index in [1.807, 2.05) is 36.9 Å². The van der Waals surface area contributed by atoms with Crippen LogP contribution in [0.25, 0.3) is 0 Å². The van der Waals surface area contributed by atoms with Gasteiger partial charge in [0, 0.05) is 50.3 Å². The van der Waals surface area contributed by atoms with Gasteiger partial charge >= 0.3 is 0 Å². The van der Waals surface area contributed by atoms with Crippen molar-refractivity contribution in [2.24, 2.45) is 10.9 Å². The highest BCUT2D eigenvalue weighted by Gasteiger charge is 2.27. The zero-order valence-electron chi connectivity index (χ0n) is 16.7. The SMILES string of the molecule is CN=C(NCc1ccc(OC)cc1OC)NC1CCN(C(=O)C(C)C)C1.I. The van der Waals surface area contributed by atoms with E-state index < -0.39 is 0 Å². The van der Waals surface area contributed by atoms with Gasteiger partial charge in [0.05, 0.1) is 14.2 Å². The van der Waals surface area contributed by atoms with Crippen LogP contribution in [0.3, 0.4) is 0 Å². The van der Waals surface area contributed by atoms with Crippen LogP contribution in [-0.4, -0.2) is 57.2 Å². The van der Waals surface area contributed by atoms with Crippen molar-refractivity contribution < 1.29 is 14.3 Å². The molecular weight excluding hydrogens is 459 g/mol. The third-order valence-corrected chi connectivity index (χ3v) is 4.50. The summed E-state index contributed by atoms with van der Waals surface area (Å²) in [6.45, 7) is 5.95. The second-order valence-corrected chi connectivity index (χ2v) is 6.67. The zero-order chi connectivity index (χ0) is 19.1. The van der Waals surface area contributed by atoms with E-state index in [2.05, 4.69) is 15.6 Å². The summed E-state index contributed by atoms with van der Waals surface area (Å²) in [4.78, 5) is 18.3. The van der Waals surface area contributed by atoms with Crippen LogP contribution in [0.15, 0.2) is 23.2 Å². The molecule has 1 aliphatic rings. The van der Waals surface area contributed by atoms with Crippen molar-refractivity contribution in [3.05, 3.63) is 23.8 Å². The number of carbonyl (C=O) groups excluding carboxylic acids is 1. The Morgan fingerprint density at radius 1 is 1.33 bits per heavy atom. The first-order valence-corrected chi connectivity index (χ1v) is 8.95.